The van der Waals surface area contributed by atoms with Crippen LogP contribution < -0.4 is 9.62 Å². The Balaban J connectivity index is 1.47. The monoisotopic (exact) mass is 484 g/mol. The van der Waals surface area contributed by atoms with E-state index < -0.39 is 10.0 Å². The third kappa shape index (κ3) is 4.47. The lowest BCUT2D eigenvalue weighted by Gasteiger charge is -2.37. The summed E-state index contributed by atoms with van der Waals surface area (Å²) in [7, 11) is -3.31. The largest absolute Gasteiger partial charge is 0.377 e. The minimum absolute atomic E-state index is 0.128. The molecular formula is C21H24N8O4S. The van der Waals surface area contributed by atoms with E-state index >= 15 is 0 Å². The van der Waals surface area contributed by atoms with Crippen LogP contribution in [-0.2, 0) is 19.6 Å². The molecule has 178 valence electrons. The van der Waals surface area contributed by atoms with Gasteiger partial charge in [0.1, 0.15) is 5.82 Å². The summed E-state index contributed by atoms with van der Waals surface area (Å²) in [5.74, 6) is 6.63. The summed E-state index contributed by atoms with van der Waals surface area (Å²) in [5.41, 5.74) is 1.21. The standard InChI is InChI=1S/C21H24N8O4S/c1-14-13-33-8-7-28(14)19-9-15(3-4-20(30)27-11-16(12-27)26-34(2,31)32)17-10-23-29(21(17)24-19)18-5-6-22-25-18/h5-6,9-10,14,16,26H,7-8,11-13H2,1-2H3,(H,22,25)/t14-/m1/s1. The molecule has 2 aliphatic heterocycles. The molecule has 5 heterocycles. The smallest absolute Gasteiger partial charge is 0.298 e. The van der Waals surface area contributed by atoms with E-state index in [9.17, 15) is 13.2 Å². The SMILES string of the molecule is C[C@@H]1COCCN1c1cc(C#CC(=O)N2CC(NS(C)(=O)=O)C2)c2cnn(-c3cc[nH]n3)c2n1. The van der Waals surface area contributed by atoms with Crippen molar-refractivity contribution < 1.29 is 17.9 Å². The summed E-state index contributed by atoms with van der Waals surface area (Å²) < 4.78 is 32.4. The Morgan fingerprint density at radius 3 is 2.85 bits per heavy atom. The lowest BCUT2D eigenvalue weighted by Crippen LogP contribution is -2.60. The predicted octanol–water partition coefficient (Wildman–Crippen LogP) is -0.520. The molecule has 5 rings (SSSR count). The molecule has 0 spiro atoms. The highest BCUT2D eigenvalue weighted by atomic mass is 32.2. The maximum absolute atomic E-state index is 12.6. The van der Waals surface area contributed by atoms with Crippen molar-refractivity contribution in [2.45, 2.75) is 19.0 Å². The van der Waals surface area contributed by atoms with Gasteiger partial charge in [0.15, 0.2) is 11.5 Å². The quantitative estimate of drug-likeness (QED) is 0.472. The number of fused-ring (bicyclic) bond motifs is 1. The number of carbonyl (C=O) groups excluding carboxylic acids is 1. The van der Waals surface area contributed by atoms with Crippen molar-refractivity contribution in [1.29, 1.82) is 0 Å². The number of amides is 1. The van der Waals surface area contributed by atoms with Crippen molar-refractivity contribution in [3.8, 4) is 17.7 Å². The van der Waals surface area contributed by atoms with E-state index in [0.717, 1.165) is 12.1 Å². The van der Waals surface area contributed by atoms with Crippen molar-refractivity contribution in [3.05, 3.63) is 30.1 Å². The van der Waals surface area contributed by atoms with Gasteiger partial charge in [0, 0.05) is 43.4 Å². The molecule has 0 unspecified atom stereocenters. The van der Waals surface area contributed by atoms with E-state index in [2.05, 4.69) is 43.7 Å². The molecule has 1 amide bonds. The lowest BCUT2D eigenvalue weighted by molar-refractivity contribution is -0.129. The zero-order chi connectivity index (χ0) is 23.9. The number of pyridine rings is 1. The van der Waals surface area contributed by atoms with E-state index in [1.165, 1.54) is 4.90 Å². The van der Waals surface area contributed by atoms with Gasteiger partial charge in [-0.25, -0.2) is 18.1 Å². The molecule has 0 aromatic carbocycles. The number of morpholine rings is 1. The molecule has 1 atom stereocenters. The molecule has 3 aromatic rings. The Morgan fingerprint density at radius 1 is 1.32 bits per heavy atom. The van der Waals surface area contributed by atoms with E-state index in [4.69, 9.17) is 9.72 Å². The van der Waals surface area contributed by atoms with Crippen molar-refractivity contribution in [1.82, 2.24) is 34.6 Å². The first-order valence-electron chi connectivity index (χ1n) is 10.8. The highest BCUT2D eigenvalue weighted by Crippen LogP contribution is 2.26. The molecule has 34 heavy (non-hydrogen) atoms. The van der Waals surface area contributed by atoms with Crippen LogP contribution in [0.5, 0.6) is 0 Å². The summed E-state index contributed by atoms with van der Waals surface area (Å²) in [6, 6.07) is 3.50. The fraction of sp³-hybridized carbons (Fsp3) is 0.429. The fourth-order valence-electron chi connectivity index (χ4n) is 4.06. The number of aromatic amines is 1. The summed E-state index contributed by atoms with van der Waals surface area (Å²) in [4.78, 5) is 21.1. The first-order valence-corrected chi connectivity index (χ1v) is 12.7. The van der Waals surface area contributed by atoms with Crippen molar-refractivity contribution >= 4 is 32.8 Å². The first-order chi connectivity index (χ1) is 16.3. The van der Waals surface area contributed by atoms with Gasteiger partial charge in [-0.05, 0) is 13.0 Å². The number of hydrogen-bond acceptors (Lipinski definition) is 8. The van der Waals surface area contributed by atoms with Crippen molar-refractivity contribution in [3.63, 3.8) is 0 Å². The second-order valence-corrected chi connectivity index (χ2v) is 10.2. The average Bonchev–Trinajstić information content (AvgIpc) is 3.43. The zero-order valence-electron chi connectivity index (χ0n) is 18.7. The van der Waals surface area contributed by atoms with Gasteiger partial charge in [-0.1, -0.05) is 5.92 Å². The number of ether oxygens (including phenoxy) is 1. The molecule has 13 heteroatoms. The van der Waals surface area contributed by atoms with Crippen LogP contribution in [0.2, 0.25) is 0 Å². The highest BCUT2D eigenvalue weighted by molar-refractivity contribution is 7.88. The fourth-order valence-corrected chi connectivity index (χ4v) is 4.82. The van der Waals surface area contributed by atoms with Crippen LogP contribution in [0.15, 0.2) is 24.5 Å². The van der Waals surface area contributed by atoms with E-state index in [0.29, 0.717) is 55.3 Å². The minimum atomic E-state index is -3.31. The number of nitrogens with zero attached hydrogens (tertiary/aromatic N) is 6. The Morgan fingerprint density at radius 2 is 2.15 bits per heavy atom. The molecule has 0 radical (unpaired) electrons. The summed E-state index contributed by atoms with van der Waals surface area (Å²) in [6.07, 6.45) is 4.46. The van der Waals surface area contributed by atoms with Crippen LogP contribution in [0.4, 0.5) is 5.82 Å². The van der Waals surface area contributed by atoms with Gasteiger partial charge in [-0.15, -0.1) is 0 Å². The number of aromatic nitrogens is 5. The molecular weight excluding hydrogens is 460 g/mol. The number of anilines is 1. The van der Waals surface area contributed by atoms with Crippen LogP contribution >= 0.6 is 0 Å². The van der Waals surface area contributed by atoms with Crippen molar-refractivity contribution in [2.75, 3.05) is 44.0 Å². The van der Waals surface area contributed by atoms with Gasteiger partial charge in [0.2, 0.25) is 10.0 Å². The van der Waals surface area contributed by atoms with Crippen LogP contribution in [0.3, 0.4) is 0 Å². The van der Waals surface area contributed by atoms with Crippen LogP contribution in [0.1, 0.15) is 12.5 Å². The Bertz CT molecular complexity index is 1380. The van der Waals surface area contributed by atoms with E-state index in [1.807, 2.05) is 6.07 Å². The van der Waals surface area contributed by atoms with Gasteiger partial charge >= 0.3 is 0 Å². The number of likely N-dealkylation sites (tertiary alicyclic amines) is 1. The molecule has 0 bridgehead atoms. The maximum Gasteiger partial charge on any atom is 0.298 e. The molecule has 3 aromatic heterocycles. The van der Waals surface area contributed by atoms with Gasteiger partial charge in [0.05, 0.1) is 43.1 Å². The number of hydrogen-bond donors (Lipinski definition) is 2. The Labute approximate surface area is 196 Å². The topological polar surface area (TPSA) is 138 Å². The molecule has 0 saturated carbocycles. The van der Waals surface area contributed by atoms with Crippen LogP contribution in [0, 0.1) is 11.8 Å². The second-order valence-electron chi connectivity index (χ2n) is 8.42. The van der Waals surface area contributed by atoms with Crippen LogP contribution in [0.25, 0.3) is 16.9 Å². The van der Waals surface area contributed by atoms with Gasteiger partial charge < -0.3 is 14.5 Å². The lowest BCUT2D eigenvalue weighted by atomic mass is 10.1. The second kappa shape index (κ2) is 8.71. The number of H-pyrrole nitrogens is 1. The van der Waals surface area contributed by atoms with Crippen LogP contribution in [-0.4, -0.2) is 95.4 Å². The van der Waals surface area contributed by atoms with Gasteiger partial charge in [-0.2, -0.15) is 14.9 Å². The summed E-state index contributed by atoms with van der Waals surface area (Å²) in [5, 5.41) is 12.1. The predicted molar refractivity (Wildman–Crippen MR) is 124 cm³/mol. The molecule has 2 saturated heterocycles. The molecule has 2 fully saturated rings. The maximum atomic E-state index is 12.6. The molecule has 12 nitrogen and oxygen atoms in total. The normalized spacial score (nSPS) is 19.1. The third-order valence-corrected chi connectivity index (χ3v) is 6.51. The molecule has 2 N–H and O–H groups in total. The minimum Gasteiger partial charge on any atom is -0.377 e. The number of rotatable bonds is 4. The van der Waals surface area contributed by atoms with Gasteiger partial charge in [0.25, 0.3) is 5.91 Å². The van der Waals surface area contributed by atoms with Gasteiger partial charge in [-0.3, -0.25) is 9.89 Å². The summed E-state index contributed by atoms with van der Waals surface area (Å²) in [6.45, 7) is 4.52. The third-order valence-electron chi connectivity index (χ3n) is 5.75. The highest BCUT2D eigenvalue weighted by Gasteiger charge is 2.31. The summed E-state index contributed by atoms with van der Waals surface area (Å²) >= 11 is 0. The Hall–Kier alpha value is -3.47. The zero-order valence-corrected chi connectivity index (χ0v) is 19.5. The number of carbonyl (C=O) groups is 1. The number of nitrogens with one attached hydrogen (secondary N) is 2. The Kier molecular flexibility index (Phi) is 5.72. The van der Waals surface area contributed by atoms with Crippen molar-refractivity contribution in [2.24, 2.45) is 0 Å². The van der Waals surface area contributed by atoms with E-state index in [-0.39, 0.29) is 18.0 Å². The molecule has 0 aliphatic carbocycles. The average molecular weight is 485 g/mol. The first kappa shape index (κ1) is 22.3. The molecule has 2 aliphatic rings. The number of sulfonamides is 1. The van der Waals surface area contributed by atoms with E-state index in [1.54, 1.807) is 23.1 Å².